The molecular weight excluding hydrogens is 254 g/mol. The zero-order valence-corrected chi connectivity index (χ0v) is 10.4. The van der Waals surface area contributed by atoms with Crippen molar-refractivity contribution in [1.29, 1.82) is 0 Å². The third kappa shape index (κ3) is 2.29. The third-order valence-electron chi connectivity index (χ3n) is 2.85. The molecule has 1 aromatic carbocycles. The number of rotatable bonds is 2. The van der Waals surface area contributed by atoms with E-state index in [1.165, 1.54) is 30.9 Å². The van der Waals surface area contributed by atoms with Gasteiger partial charge in [0.25, 0.3) is 5.56 Å². The second-order valence-corrected chi connectivity index (χ2v) is 4.03. The molecule has 6 heteroatoms. The molecule has 2 aromatic rings. The van der Waals surface area contributed by atoms with Crippen molar-refractivity contribution in [3.05, 3.63) is 46.3 Å². The van der Waals surface area contributed by atoms with Gasteiger partial charge in [0, 0.05) is 24.7 Å². The Morgan fingerprint density at radius 1 is 1.16 bits per heavy atom. The Hall–Kier alpha value is -2.37. The SMILES string of the molecule is COc1cc(F)c(-c2cc(N)n(C)c(=O)c2)cc1F. The Morgan fingerprint density at radius 2 is 1.84 bits per heavy atom. The lowest BCUT2D eigenvalue weighted by Crippen LogP contribution is -2.18. The molecule has 0 unspecified atom stereocenters. The van der Waals surface area contributed by atoms with Crippen molar-refractivity contribution in [2.45, 2.75) is 0 Å². The second-order valence-electron chi connectivity index (χ2n) is 4.03. The van der Waals surface area contributed by atoms with Gasteiger partial charge in [-0.3, -0.25) is 9.36 Å². The van der Waals surface area contributed by atoms with Gasteiger partial charge in [0.1, 0.15) is 11.6 Å². The second kappa shape index (κ2) is 4.72. The molecule has 0 bridgehead atoms. The first kappa shape index (κ1) is 13.1. The number of aromatic nitrogens is 1. The lowest BCUT2D eigenvalue weighted by molar-refractivity contribution is 0.383. The minimum atomic E-state index is -0.710. The molecular formula is C13H12F2N2O2. The molecule has 0 radical (unpaired) electrons. The van der Waals surface area contributed by atoms with Crippen molar-refractivity contribution in [1.82, 2.24) is 4.57 Å². The summed E-state index contributed by atoms with van der Waals surface area (Å²) in [6.07, 6.45) is 0. The predicted octanol–water partition coefficient (Wildman–Crippen LogP) is 1.92. The average molecular weight is 266 g/mol. The molecule has 1 heterocycles. The topological polar surface area (TPSA) is 57.2 Å². The molecule has 0 saturated heterocycles. The molecule has 1 aromatic heterocycles. The Kier molecular flexibility index (Phi) is 3.25. The monoisotopic (exact) mass is 266 g/mol. The maximum absolute atomic E-state index is 13.9. The highest BCUT2D eigenvalue weighted by Gasteiger charge is 2.13. The van der Waals surface area contributed by atoms with Crippen LogP contribution in [0.1, 0.15) is 0 Å². The Balaban J connectivity index is 2.66. The lowest BCUT2D eigenvalue weighted by Gasteiger charge is -2.09. The van der Waals surface area contributed by atoms with Gasteiger partial charge in [0.2, 0.25) is 0 Å². The van der Waals surface area contributed by atoms with E-state index >= 15 is 0 Å². The van der Waals surface area contributed by atoms with Crippen LogP contribution in [-0.4, -0.2) is 11.7 Å². The summed E-state index contributed by atoms with van der Waals surface area (Å²) >= 11 is 0. The first-order valence-electron chi connectivity index (χ1n) is 5.44. The minimum Gasteiger partial charge on any atom is -0.494 e. The van der Waals surface area contributed by atoms with Gasteiger partial charge in [-0.1, -0.05) is 0 Å². The Labute approximate surface area is 108 Å². The average Bonchev–Trinajstić information content (AvgIpc) is 2.37. The van der Waals surface area contributed by atoms with Crippen LogP contribution in [0.2, 0.25) is 0 Å². The number of hydrogen-bond donors (Lipinski definition) is 1. The highest BCUT2D eigenvalue weighted by atomic mass is 19.1. The van der Waals surface area contributed by atoms with Crippen molar-refractivity contribution in [3.8, 4) is 16.9 Å². The summed E-state index contributed by atoms with van der Waals surface area (Å²) < 4.78 is 33.3. The van der Waals surface area contributed by atoms with Gasteiger partial charge in [-0.25, -0.2) is 8.78 Å². The molecule has 0 atom stereocenters. The number of hydrogen-bond acceptors (Lipinski definition) is 3. The number of nitrogen functional groups attached to an aromatic ring is 1. The van der Waals surface area contributed by atoms with E-state index in [0.717, 1.165) is 12.1 Å². The summed E-state index contributed by atoms with van der Waals surface area (Å²) in [6.45, 7) is 0. The third-order valence-corrected chi connectivity index (χ3v) is 2.85. The van der Waals surface area contributed by atoms with Crippen LogP contribution in [0.4, 0.5) is 14.6 Å². The molecule has 0 fully saturated rings. The summed E-state index contributed by atoms with van der Waals surface area (Å²) in [5.41, 5.74) is 5.41. The molecule has 2 N–H and O–H groups in total. The van der Waals surface area contributed by atoms with Gasteiger partial charge in [0.05, 0.1) is 7.11 Å². The van der Waals surface area contributed by atoms with E-state index in [0.29, 0.717) is 0 Å². The zero-order valence-electron chi connectivity index (χ0n) is 10.4. The van der Waals surface area contributed by atoms with Gasteiger partial charge >= 0.3 is 0 Å². The van der Waals surface area contributed by atoms with E-state index in [-0.39, 0.29) is 22.7 Å². The van der Waals surface area contributed by atoms with Gasteiger partial charge in [0.15, 0.2) is 11.6 Å². The van der Waals surface area contributed by atoms with Crippen LogP contribution in [0.15, 0.2) is 29.1 Å². The standard InChI is InChI=1S/C13H12F2N2O2/c1-17-12(16)3-7(4-13(17)18)8-5-10(15)11(19-2)6-9(8)14/h3-6H,16H2,1-2H3. The zero-order chi connectivity index (χ0) is 14.2. The van der Waals surface area contributed by atoms with Crippen molar-refractivity contribution < 1.29 is 13.5 Å². The molecule has 2 rings (SSSR count). The number of nitrogens with two attached hydrogens (primary N) is 1. The van der Waals surface area contributed by atoms with Crippen LogP contribution in [0, 0.1) is 11.6 Å². The van der Waals surface area contributed by atoms with Gasteiger partial charge < -0.3 is 10.5 Å². The van der Waals surface area contributed by atoms with Gasteiger partial charge in [-0.15, -0.1) is 0 Å². The molecule has 4 nitrogen and oxygen atoms in total. The van der Waals surface area contributed by atoms with Crippen molar-refractivity contribution in [2.24, 2.45) is 7.05 Å². The molecule has 0 aliphatic rings. The molecule has 0 saturated carbocycles. The molecule has 0 aliphatic carbocycles. The smallest absolute Gasteiger partial charge is 0.252 e. The van der Waals surface area contributed by atoms with E-state index in [1.807, 2.05) is 0 Å². The largest absolute Gasteiger partial charge is 0.494 e. The summed E-state index contributed by atoms with van der Waals surface area (Å²) in [4.78, 5) is 11.6. The van der Waals surface area contributed by atoms with Gasteiger partial charge in [-0.05, 0) is 17.7 Å². The predicted molar refractivity (Wildman–Crippen MR) is 68.0 cm³/mol. The van der Waals surface area contributed by atoms with E-state index in [1.54, 1.807) is 0 Å². The maximum atomic E-state index is 13.9. The first-order chi connectivity index (χ1) is 8.93. The van der Waals surface area contributed by atoms with Gasteiger partial charge in [-0.2, -0.15) is 0 Å². The number of benzene rings is 1. The molecule has 100 valence electrons. The fourth-order valence-corrected chi connectivity index (χ4v) is 1.72. The van der Waals surface area contributed by atoms with Crippen LogP contribution >= 0.6 is 0 Å². The van der Waals surface area contributed by atoms with Crippen LogP contribution < -0.4 is 16.0 Å². The van der Waals surface area contributed by atoms with Crippen LogP contribution in [0.3, 0.4) is 0 Å². The molecule has 0 aliphatic heterocycles. The number of halogens is 2. The number of nitrogens with zero attached hydrogens (tertiary/aromatic N) is 1. The molecule has 0 amide bonds. The number of ether oxygens (including phenoxy) is 1. The van der Waals surface area contributed by atoms with E-state index in [4.69, 9.17) is 5.73 Å². The quantitative estimate of drug-likeness (QED) is 0.903. The summed E-state index contributed by atoms with van der Waals surface area (Å²) in [5, 5.41) is 0. The minimum absolute atomic E-state index is 0.0392. The van der Waals surface area contributed by atoms with Crippen molar-refractivity contribution in [2.75, 3.05) is 12.8 Å². The fourth-order valence-electron chi connectivity index (χ4n) is 1.72. The fraction of sp³-hybridized carbons (Fsp3) is 0.154. The van der Waals surface area contributed by atoms with Crippen LogP contribution in [0.5, 0.6) is 5.75 Å². The highest BCUT2D eigenvalue weighted by molar-refractivity contribution is 5.67. The highest BCUT2D eigenvalue weighted by Crippen LogP contribution is 2.28. The first-order valence-corrected chi connectivity index (χ1v) is 5.44. The normalized spacial score (nSPS) is 10.5. The summed E-state index contributed by atoms with van der Waals surface area (Å²) in [6, 6.07) is 4.51. The number of pyridine rings is 1. The van der Waals surface area contributed by atoms with Crippen molar-refractivity contribution in [3.63, 3.8) is 0 Å². The Bertz CT molecular complexity index is 696. The Morgan fingerprint density at radius 3 is 2.42 bits per heavy atom. The van der Waals surface area contributed by atoms with Crippen LogP contribution in [0.25, 0.3) is 11.1 Å². The maximum Gasteiger partial charge on any atom is 0.252 e. The lowest BCUT2D eigenvalue weighted by atomic mass is 10.1. The van der Waals surface area contributed by atoms with Crippen molar-refractivity contribution >= 4 is 5.82 Å². The molecule has 0 spiro atoms. The van der Waals surface area contributed by atoms with E-state index in [9.17, 15) is 13.6 Å². The summed E-state index contributed by atoms with van der Waals surface area (Å²) in [5.74, 6) is -1.43. The van der Waals surface area contributed by atoms with Crippen LogP contribution in [-0.2, 0) is 7.05 Å². The molecule has 19 heavy (non-hydrogen) atoms. The number of anilines is 1. The summed E-state index contributed by atoms with van der Waals surface area (Å²) in [7, 11) is 2.74. The van der Waals surface area contributed by atoms with E-state index in [2.05, 4.69) is 4.74 Å². The van der Waals surface area contributed by atoms with E-state index < -0.39 is 17.2 Å². The number of methoxy groups -OCH3 is 1.